The van der Waals surface area contributed by atoms with Crippen LogP contribution in [0.15, 0.2) is 0 Å². The van der Waals surface area contributed by atoms with Crippen molar-refractivity contribution in [2.24, 2.45) is 0 Å². The van der Waals surface area contributed by atoms with E-state index in [1.54, 1.807) is 0 Å². The van der Waals surface area contributed by atoms with E-state index in [1.165, 1.54) is 12.8 Å². The van der Waals surface area contributed by atoms with E-state index in [1.807, 2.05) is 0 Å². The Kier molecular flexibility index (Phi) is 7.76. The van der Waals surface area contributed by atoms with Crippen molar-refractivity contribution in [3.05, 3.63) is 0 Å². The molecule has 0 amide bonds. The lowest BCUT2D eigenvalue weighted by Gasteiger charge is -2.23. The summed E-state index contributed by atoms with van der Waals surface area (Å²) in [5.41, 5.74) is 0. The van der Waals surface area contributed by atoms with Crippen molar-refractivity contribution >= 4 is 0 Å². The molecule has 4 heteroatoms. The fourth-order valence-corrected chi connectivity index (χ4v) is 1.87. The lowest BCUT2D eigenvalue weighted by molar-refractivity contribution is 0.398. The largest absolute Gasteiger partial charge is 0.315 e. The van der Waals surface area contributed by atoms with Crippen LogP contribution in [0.2, 0.25) is 0 Å². The van der Waals surface area contributed by atoms with E-state index in [0.717, 1.165) is 39.3 Å². The van der Waals surface area contributed by atoms with Crippen molar-refractivity contribution < 1.29 is 0 Å². The van der Waals surface area contributed by atoms with Crippen LogP contribution in [0, 0.1) is 0 Å². The maximum Gasteiger partial charge on any atom is 0.0190 e. The van der Waals surface area contributed by atoms with E-state index in [9.17, 15) is 0 Å². The van der Waals surface area contributed by atoms with Crippen LogP contribution >= 0.6 is 0 Å². The van der Waals surface area contributed by atoms with Gasteiger partial charge in [0, 0.05) is 25.2 Å². The molecule has 1 fully saturated rings. The second-order valence-corrected chi connectivity index (χ2v) is 4.69. The summed E-state index contributed by atoms with van der Waals surface area (Å²) < 4.78 is 0. The van der Waals surface area contributed by atoms with Gasteiger partial charge in [-0.1, -0.05) is 0 Å². The van der Waals surface area contributed by atoms with Crippen molar-refractivity contribution in [1.82, 2.24) is 21.3 Å². The zero-order chi connectivity index (χ0) is 11.6. The SMILES string of the molecule is CC1NCCCNCCNCCCNC1C. The molecule has 1 heterocycles. The summed E-state index contributed by atoms with van der Waals surface area (Å²) >= 11 is 0. The quantitative estimate of drug-likeness (QED) is 0.468. The van der Waals surface area contributed by atoms with Gasteiger partial charge in [0.25, 0.3) is 0 Å². The molecule has 1 aliphatic heterocycles. The lowest BCUT2D eigenvalue weighted by atomic mass is 10.1. The molecule has 0 bridgehead atoms. The summed E-state index contributed by atoms with van der Waals surface area (Å²) in [5.74, 6) is 0. The second-order valence-electron chi connectivity index (χ2n) is 4.69. The Morgan fingerprint density at radius 3 is 1.50 bits per heavy atom. The van der Waals surface area contributed by atoms with Crippen molar-refractivity contribution in [2.75, 3.05) is 39.3 Å². The van der Waals surface area contributed by atoms with Gasteiger partial charge in [-0.05, 0) is 52.9 Å². The minimum Gasteiger partial charge on any atom is -0.315 e. The van der Waals surface area contributed by atoms with E-state index in [4.69, 9.17) is 0 Å². The normalized spacial score (nSPS) is 31.9. The van der Waals surface area contributed by atoms with E-state index < -0.39 is 0 Å². The second kappa shape index (κ2) is 8.93. The summed E-state index contributed by atoms with van der Waals surface area (Å²) in [6.07, 6.45) is 2.41. The Morgan fingerprint density at radius 1 is 0.625 bits per heavy atom. The molecule has 0 saturated carbocycles. The highest BCUT2D eigenvalue weighted by Crippen LogP contribution is 1.92. The van der Waals surface area contributed by atoms with Crippen LogP contribution in [0.25, 0.3) is 0 Å². The summed E-state index contributed by atoms with van der Waals surface area (Å²) in [6.45, 7) is 11.1. The fourth-order valence-electron chi connectivity index (χ4n) is 1.87. The van der Waals surface area contributed by atoms with Crippen molar-refractivity contribution in [3.8, 4) is 0 Å². The van der Waals surface area contributed by atoms with Crippen LogP contribution in [0.3, 0.4) is 0 Å². The molecular formula is C12H28N4. The van der Waals surface area contributed by atoms with Crippen LogP contribution in [-0.4, -0.2) is 51.4 Å². The molecule has 4 N–H and O–H groups in total. The van der Waals surface area contributed by atoms with Crippen molar-refractivity contribution in [2.45, 2.75) is 38.8 Å². The topological polar surface area (TPSA) is 48.1 Å². The Morgan fingerprint density at radius 2 is 1.06 bits per heavy atom. The smallest absolute Gasteiger partial charge is 0.0190 e. The molecule has 1 aliphatic rings. The molecule has 0 aromatic heterocycles. The predicted octanol–water partition coefficient (Wildman–Crippen LogP) is -0.0844. The predicted molar refractivity (Wildman–Crippen MR) is 69.9 cm³/mol. The van der Waals surface area contributed by atoms with Crippen molar-refractivity contribution in [3.63, 3.8) is 0 Å². The zero-order valence-electron chi connectivity index (χ0n) is 10.8. The molecule has 0 aliphatic carbocycles. The highest BCUT2D eigenvalue weighted by Gasteiger charge is 2.09. The fraction of sp³-hybridized carbons (Fsp3) is 1.00. The summed E-state index contributed by atoms with van der Waals surface area (Å²) in [7, 11) is 0. The van der Waals surface area contributed by atoms with Crippen LogP contribution in [0.5, 0.6) is 0 Å². The van der Waals surface area contributed by atoms with Gasteiger partial charge < -0.3 is 21.3 Å². The van der Waals surface area contributed by atoms with Crippen molar-refractivity contribution in [1.29, 1.82) is 0 Å². The average Bonchev–Trinajstić information content (AvgIpc) is 2.29. The first kappa shape index (κ1) is 13.9. The standard InChI is InChI=1S/C12H28N4/c1-11-12(2)16-8-4-6-14-10-9-13-5-3-7-15-11/h11-16H,3-10H2,1-2H3. The third-order valence-corrected chi connectivity index (χ3v) is 3.22. The number of hydrogen-bond donors (Lipinski definition) is 4. The molecule has 2 atom stereocenters. The van der Waals surface area contributed by atoms with Gasteiger partial charge in [0.1, 0.15) is 0 Å². The molecule has 2 unspecified atom stereocenters. The first-order chi connectivity index (χ1) is 7.80. The number of rotatable bonds is 0. The van der Waals surface area contributed by atoms with Gasteiger partial charge in [-0.15, -0.1) is 0 Å². The van der Waals surface area contributed by atoms with Gasteiger partial charge in [0.15, 0.2) is 0 Å². The molecule has 0 aromatic rings. The molecule has 1 rings (SSSR count). The van der Waals surface area contributed by atoms with Gasteiger partial charge in [-0.3, -0.25) is 0 Å². The van der Waals surface area contributed by atoms with Gasteiger partial charge in [-0.2, -0.15) is 0 Å². The van der Waals surface area contributed by atoms with Crippen LogP contribution < -0.4 is 21.3 Å². The Balaban J connectivity index is 2.21. The number of hydrogen-bond acceptors (Lipinski definition) is 4. The van der Waals surface area contributed by atoms with Gasteiger partial charge >= 0.3 is 0 Å². The molecule has 1 saturated heterocycles. The van der Waals surface area contributed by atoms with Crippen LogP contribution in [0.4, 0.5) is 0 Å². The van der Waals surface area contributed by atoms with Gasteiger partial charge in [0.05, 0.1) is 0 Å². The van der Waals surface area contributed by atoms with E-state index in [2.05, 4.69) is 35.1 Å². The van der Waals surface area contributed by atoms with Gasteiger partial charge in [-0.25, -0.2) is 0 Å². The molecule has 0 aromatic carbocycles. The first-order valence-electron chi connectivity index (χ1n) is 6.69. The maximum atomic E-state index is 3.57. The van der Waals surface area contributed by atoms with Crippen LogP contribution in [0.1, 0.15) is 26.7 Å². The zero-order valence-corrected chi connectivity index (χ0v) is 10.8. The molecule has 0 spiro atoms. The average molecular weight is 228 g/mol. The summed E-state index contributed by atoms with van der Waals surface area (Å²) in [4.78, 5) is 0. The molecule has 0 radical (unpaired) electrons. The Bertz CT molecular complexity index is 145. The lowest BCUT2D eigenvalue weighted by Crippen LogP contribution is -2.46. The summed E-state index contributed by atoms with van der Waals surface area (Å²) in [5, 5.41) is 14.0. The minimum atomic E-state index is 0.552. The highest BCUT2D eigenvalue weighted by molar-refractivity contribution is 4.74. The molecule has 16 heavy (non-hydrogen) atoms. The molecule has 96 valence electrons. The highest BCUT2D eigenvalue weighted by atomic mass is 15.0. The molecule has 4 nitrogen and oxygen atoms in total. The van der Waals surface area contributed by atoms with E-state index in [-0.39, 0.29) is 0 Å². The van der Waals surface area contributed by atoms with Gasteiger partial charge in [0.2, 0.25) is 0 Å². The van der Waals surface area contributed by atoms with Crippen LogP contribution in [-0.2, 0) is 0 Å². The maximum absolute atomic E-state index is 3.57. The third kappa shape index (κ3) is 6.43. The number of nitrogens with one attached hydrogen (secondary N) is 4. The Labute approximate surface area is 99.9 Å². The van der Waals surface area contributed by atoms with E-state index in [0.29, 0.717) is 12.1 Å². The van der Waals surface area contributed by atoms with E-state index >= 15 is 0 Å². The Hall–Kier alpha value is -0.160. The third-order valence-electron chi connectivity index (χ3n) is 3.22. The monoisotopic (exact) mass is 228 g/mol. The summed E-state index contributed by atoms with van der Waals surface area (Å²) in [6, 6.07) is 1.10. The molecular weight excluding hydrogens is 200 g/mol. The minimum absolute atomic E-state index is 0.552. The first-order valence-corrected chi connectivity index (χ1v) is 6.69.